The van der Waals surface area contributed by atoms with Crippen LogP contribution in [0.3, 0.4) is 0 Å². The molecule has 100 valence electrons. The van der Waals surface area contributed by atoms with Gasteiger partial charge in [0, 0.05) is 6.42 Å². The van der Waals surface area contributed by atoms with Gasteiger partial charge in [0.15, 0.2) is 9.84 Å². The van der Waals surface area contributed by atoms with Crippen LogP contribution in [0.25, 0.3) is 0 Å². The maximum atomic E-state index is 11.9. The van der Waals surface area contributed by atoms with Crippen molar-refractivity contribution < 1.29 is 13.2 Å². The van der Waals surface area contributed by atoms with E-state index in [2.05, 4.69) is 0 Å². The maximum absolute atomic E-state index is 11.9. The zero-order chi connectivity index (χ0) is 13.8. The molecule has 0 aliphatic rings. The van der Waals surface area contributed by atoms with E-state index in [-0.39, 0.29) is 17.3 Å². The van der Waals surface area contributed by atoms with Crippen molar-refractivity contribution in [2.24, 2.45) is 0 Å². The fourth-order valence-corrected chi connectivity index (χ4v) is 3.42. The molecule has 18 heavy (non-hydrogen) atoms. The van der Waals surface area contributed by atoms with Crippen LogP contribution in [0.1, 0.15) is 36.5 Å². The lowest BCUT2D eigenvalue weighted by Gasteiger charge is -2.06. The molecule has 1 aromatic carbocycles. The third-order valence-electron chi connectivity index (χ3n) is 2.65. The van der Waals surface area contributed by atoms with Gasteiger partial charge in [-0.3, -0.25) is 0 Å². The first-order valence-electron chi connectivity index (χ1n) is 6.05. The van der Waals surface area contributed by atoms with Crippen LogP contribution in [0.15, 0.2) is 18.2 Å². The van der Waals surface area contributed by atoms with Crippen molar-refractivity contribution in [1.29, 1.82) is 0 Å². The summed E-state index contributed by atoms with van der Waals surface area (Å²) in [6.45, 7) is 5.40. The third kappa shape index (κ3) is 5.45. The first-order chi connectivity index (χ1) is 8.28. The molecule has 0 amide bonds. The van der Waals surface area contributed by atoms with E-state index >= 15 is 0 Å². The van der Waals surface area contributed by atoms with Crippen molar-refractivity contribution >= 4 is 15.6 Å². The number of Topliss-reactive ketones (excluding diaryl/α,β-unsaturated/α-hetero) is 1. The van der Waals surface area contributed by atoms with Crippen LogP contribution in [0, 0.1) is 13.8 Å². The Morgan fingerprint density at radius 2 is 1.67 bits per heavy atom. The minimum absolute atomic E-state index is 0.0385. The molecule has 0 saturated carbocycles. The minimum Gasteiger partial charge on any atom is -0.300 e. The average Bonchev–Trinajstić information content (AvgIpc) is 2.12. The highest BCUT2D eigenvalue weighted by molar-refractivity contribution is 7.90. The number of hydrogen-bond acceptors (Lipinski definition) is 3. The highest BCUT2D eigenvalue weighted by Gasteiger charge is 2.12. The summed E-state index contributed by atoms with van der Waals surface area (Å²) in [7, 11) is -3.12. The third-order valence-corrected chi connectivity index (χ3v) is 4.34. The summed E-state index contributed by atoms with van der Waals surface area (Å²) in [5.74, 6) is 0.184. The predicted octanol–water partition coefficient (Wildman–Crippen LogP) is 2.59. The maximum Gasteiger partial charge on any atom is 0.154 e. The SMILES string of the molecule is CC(=O)CCCS(=O)(=O)Cc1cc(C)cc(C)c1. The minimum atomic E-state index is -3.12. The van der Waals surface area contributed by atoms with E-state index in [4.69, 9.17) is 0 Å². The van der Waals surface area contributed by atoms with Crippen molar-refractivity contribution in [2.75, 3.05) is 5.75 Å². The molecular formula is C14H20O3S. The van der Waals surface area contributed by atoms with E-state index in [1.54, 1.807) is 0 Å². The van der Waals surface area contributed by atoms with E-state index < -0.39 is 9.84 Å². The lowest BCUT2D eigenvalue weighted by molar-refractivity contribution is -0.117. The number of carbonyl (C=O) groups is 1. The Kier molecular flexibility index (Phi) is 5.08. The van der Waals surface area contributed by atoms with Gasteiger partial charge in [-0.15, -0.1) is 0 Å². The molecule has 0 radical (unpaired) electrons. The lowest BCUT2D eigenvalue weighted by atomic mass is 10.1. The van der Waals surface area contributed by atoms with Gasteiger partial charge in [-0.05, 0) is 32.8 Å². The van der Waals surface area contributed by atoms with Crippen LogP contribution in [0.5, 0.6) is 0 Å². The molecule has 0 heterocycles. The summed E-state index contributed by atoms with van der Waals surface area (Å²) in [6, 6.07) is 5.82. The van der Waals surface area contributed by atoms with Gasteiger partial charge in [0.2, 0.25) is 0 Å². The summed E-state index contributed by atoms with van der Waals surface area (Å²) in [5, 5.41) is 0. The summed E-state index contributed by atoms with van der Waals surface area (Å²) >= 11 is 0. The Bertz CT molecular complexity index is 510. The summed E-state index contributed by atoms with van der Waals surface area (Å²) < 4.78 is 23.8. The second-order valence-corrected chi connectivity index (χ2v) is 7.08. The molecule has 1 rings (SSSR count). The van der Waals surface area contributed by atoms with Crippen molar-refractivity contribution in [2.45, 2.75) is 39.4 Å². The molecular weight excluding hydrogens is 248 g/mol. The first kappa shape index (κ1) is 14.9. The zero-order valence-electron chi connectivity index (χ0n) is 11.2. The van der Waals surface area contributed by atoms with Crippen LogP contribution in [-0.2, 0) is 20.4 Å². The molecule has 0 spiro atoms. The molecule has 0 atom stereocenters. The second-order valence-electron chi connectivity index (χ2n) is 4.89. The molecule has 0 N–H and O–H groups in total. The zero-order valence-corrected chi connectivity index (χ0v) is 12.0. The molecule has 3 nitrogen and oxygen atoms in total. The van der Waals surface area contributed by atoms with Crippen molar-refractivity contribution in [3.63, 3.8) is 0 Å². The van der Waals surface area contributed by atoms with Crippen molar-refractivity contribution in [3.05, 3.63) is 34.9 Å². The number of ketones is 1. The Morgan fingerprint density at radius 1 is 1.11 bits per heavy atom. The van der Waals surface area contributed by atoms with E-state index in [9.17, 15) is 13.2 Å². The Morgan fingerprint density at radius 3 is 2.17 bits per heavy atom. The van der Waals surface area contributed by atoms with Gasteiger partial charge in [0.25, 0.3) is 0 Å². The van der Waals surface area contributed by atoms with Crippen molar-refractivity contribution in [3.8, 4) is 0 Å². The molecule has 4 heteroatoms. The van der Waals surface area contributed by atoms with Gasteiger partial charge in [0.1, 0.15) is 5.78 Å². The summed E-state index contributed by atoms with van der Waals surface area (Å²) in [4.78, 5) is 10.8. The van der Waals surface area contributed by atoms with E-state index in [0.29, 0.717) is 12.8 Å². The predicted molar refractivity (Wildman–Crippen MR) is 73.3 cm³/mol. The fraction of sp³-hybridized carbons (Fsp3) is 0.500. The number of benzene rings is 1. The molecule has 0 aliphatic heterocycles. The largest absolute Gasteiger partial charge is 0.300 e. The van der Waals surface area contributed by atoms with Crippen LogP contribution < -0.4 is 0 Å². The summed E-state index contributed by atoms with van der Waals surface area (Å²) in [6.07, 6.45) is 0.758. The van der Waals surface area contributed by atoms with Crippen LogP contribution in [0.2, 0.25) is 0 Å². The Hall–Kier alpha value is -1.16. The van der Waals surface area contributed by atoms with Crippen LogP contribution >= 0.6 is 0 Å². The molecule has 1 aromatic rings. The lowest BCUT2D eigenvalue weighted by Crippen LogP contribution is -2.10. The first-order valence-corrected chi connectivity index (χ1v) is 7.88. The Labute approximate surface area is 109 Å². The number of sulfone groups is 1. The quantitative estimate of drug-likeness (QED) is 0.797. The van der Waals surface area contributed by atoms with Gasteiger partial charge in [-0.2, -0.15) is 0 Å². The smallest absolute Gasteiger partial charge is 0.154 e. The van der Waals surface area contributed by atoms with Gasteiger partial charge in [0.05, 0.1) is 11.5 Å². The molecule has 0 aromatic heterocycles. The summed E-state index contributed by atoms with van der Waals surface area (Å²) in [5.41, 5.74) is 2.98. The number of hydrogen-bond donors (Lipinski definition) is 0. The van der Waals surface area contributed by atoms with E-state index in [0.717, 1.165) is 16.7 Å². The highest BCUT2D eigenvalue weighted by atomic mass is 32.2. The number of rotatable bonds is 6. The molecule has 0 saturated heterocycles. The van der Waals surface area contributed by atoms with Crippen LogP contribution in [-0.4, -0.2) is 20.0 Å². The standard InChI is InChI=1S/C14H20O3S/c1-11-7-12(2)9-14(8-11)10-18(16,17)6-4-5-13(3)15/h7-9H,4-6,10H2,1-3H3. The highest BCUT2D eigenvalue weighted by Crippen LogP contribution is 2.13. The van der Waals surface area contributed by atoms with Gasteiger partial charge in [-0.25, -0.2) is 8.42 Å². The van der Waals surface area contributed by atoms with E-state index in [1.807, 2.05) is 32.0 Å². The Balaban J connectivity index is 2.67. The monoisotopic (exact) mass is 268 g/mol. The fourth-order valence-electron chi connectivity index (χ4n) is 2.02. The van der Waals surface area contributed by atoms with Crippen molar-refractivity contribution in [1.82, 2.24) is 0 Å². The molecule has 0 fully saturated rings. The normalized spacial score (nSPS) is 11.5. The van der Waals surface area contributed by atoms with E-state index in [1.165, 1.54) is 6.92 Å². The van der Waals surface area contributed by atoms with Gasteiger partial charge >= 0.3 is 0 Å². The number of aryl methyl sites for hydroxylation is 2. The van der Waals surface area contributed by atoms with Gasteiger partial charge < -0.3 is 4.79 Å². The molecule has 0 unspecified atom stereocenters. The van der Waals surface area contributed by atoms with Gasteiger partial charge in [-0.1, -0.05) is 29.3 Å². The number of carbonyl (C=O) groups excluding carboxylic acids is 1. The second kappa shape index (κ2) is 6.14. The average molecular weight is 268 g/mol. The molecule has 0 bridgehead atoms. The topological polar surface area (TPSA) is 51.2 Å². The molecule has 0 aliphatic carbocycles. The van der Waals surface area contributed by atoms with Crippen LogP contribution in [0.4, 0.5) is 0 Å².